The fraction of sp³-hybridized carbons (Fsp3) is 0. The van der Waals surface area contributed by atoms with Gasteiger partial charge in [0.2, 0.25) is 0 Å². The Bertz CT molecular complexity index is 426. The smallest absolute Gasteiger partial charge is 0.0627 e. The summed E-state index contributed by atoms with van der Waals surface area (Å²) in [5.41, 5.74) is 12.8. The van der Waals surface area contributed by atoms with Crippen LogP contribution >= 0.6 is 0 Å². The lowest BCUT2D eigenvalue weighted by Crippen LogP contribution is -3.00. The van der Waals surface area contributed by atoms with Crippen LogP contribution in [0.25, 0.3) is 10.8 Å². The third kappa shape index (κ3) is 1.53. The van der Waals surface area contributed by atoms with Gasteiger partial charge in [-0.2, -0.15) is 0 Å². The highest BCUT2D eigenvalue weighted by Gasteiger charge is 1.98. The molecule has 0 fully saturated rings. The molecule has 2 rings (SSSR count). The average molecular weight is 194 g/mol. The van der Waals surface area contributed by atoms with Gasteiger partial charge in [-0.1, -0.05) is 30.3 Å². The fourth-order valence-electron chi connectivity index (χ4n) is 1.31. The van der Waals surface area contributed by atoms with Crippen molar-refractivity contribution in [1.29, 1.82) is 0 Å². The second kappa shape index (κ2) is 3.54. The van der Waals surface area contributed by atoms with Gasteiger partial charge < -0.3 is 23.9 Å². The summed E-state index contributed by atoms with van der Waals surface area (Å²) in [4.78, 5) is 0. The average Bonchev–Trinajstić information content (AvgIpc) is 2.12. The first-order chi connectivity index (χ1) is 5.79. The summed E-state index contributed by atoms with van der Waals surface area (Å²) in [6, 6.07) is 11.7. The number of hydrogen-bond donors (Lipinski definition) is 2. The van der Waals surface area contributed by atoms with Crippen LogP contribution in [0.5, 0.6) is 0 Å². The Morgan fingerprint density at radius 1 is 0.846 bits per heavy atom. The Kier molecular flexibility index (Phi) is 2.63. The first kappa shape index (κ1) is 9.68. The van der Waals surface area contributed by atoms with E-state index in [-0.39, 0.29) is 12.4 Å². The first-order valence-electron chi connectivity index (χ1n) is 3.82. The van der Waals surface area contributed by atoms with Crippen molar-refractivity contribution in [3.63, 3.8) is 0 Å². The quantitative estimate of drug-likeness (QED) is 0.528. The van der Waals surface area contributed by atoms with Crippen LogP contribution < -0.4 is 23.9 Å². The maximum absolute atomic E-state index is 5.79. The van der Waals surface area contributed by atoms with E-state index in [1.165, 1.54) is 0 Å². The zero-order valence-electron chi connectivity index (χ0n) is 7.00. The molecule has 68 valence electrons. The number of hydrogen-bond acceptors (Lipinski definition) is 2. The van der Waals surface area contributed by atoms with Crippen molar-refractivity contribution in [3.8, 4) is 0 Å². The number of halogens is 1. The summed E-state index contributed by atoms with van der Waals surface area (Å²) < 4.78 is 0. The van der Waals surface area contributed by atoms with Crippen molar-refractivity contribution < 1.29 is 12.4 Å². The van der Waals surface area contributed by atoms with Crippen LogP contribution in [0, 0.1) is 0 Å². The normalized spacial score (nSPS) is 9.54. The summed E-state index contributed by atoms with van der Waals surface area (Å²) in [6.45, 7) is 0. The Labute approximate surface area is 82.9 Å². The zero-order valence-corrected chi connectivity index (χ0v) is 7.75. The van der Waals surface area contributed by atoms with Crippen LogP contribution in [-0.2, 0) is 0 Å². The van der Waals surface area contributed by atoms with E-state index < -0.39 is 0 Å². The van der Waals surface area contributed by atoms with Crippen molar-refractivity contribution in [1.82, 2.24) is 0 Å². The highest BCUT2D eigenvalue weighted by Crippen LogP contribution is 2.25. The molecule has 3 heteroatoms. The monoisotopic (exact) mass is 193 g/mol. The van der Waals surface area contributed by atoms with Gasteiger partial charge in [0.05, 0.1) is 11.4 Å². The molecule has 0 heterocycles. The predicted octanol–water partition coefficient (Wildman–Crippen LogP) is -0.992. The molecule has 0 radical (unpaired) electrons. The van der Waals surface area contributed by atoms with E-state index in [4.69, 9.17) is 11.5 Å². The van der Waals surface area contributed by atoms with Gasteiger partial charge in [-0.25, -0.2) is 0 Å². The second-order valence-electron chi connectivity index (χ2n) is 2.79. The van der Waals surface area contributed by atoms with Gasteiger partial charge in [-0.3, -0.25) is 0 Å². The molecule has 0 atom stereocenters. The minimum atomic E-state index is 0. The molecule has 0 aliphatic heterocycles. The summed E-state index contributed by atoms with van der Waals surface area (Å²) in [7, 11) is 0. The Hall–Kier alpha value is -1.41. The third-order valence-corrected chi connectivity index (χ3v) is 2.00. The molecule has 0 amide bonds. The lowest BCUT2D eigenvalue weighted by atomic mass is 10.1. The van der Waals surface area contributed by atoms with Gasteiger partial charge in [0, 0.05) is 5.39 Å². The first-order valence-corrected chi connectivity index (χ1v) is 3.82. The van der Waals surface area contributed by atoms with Crippen molar-refractivity contribution in [2.75, 3.05) is 11.5 Å². The highest BCUT2D eigenvalue weighted by atomic mass is 35.5. The van der Waals surface area contributed by atoms with Gasteiger partial charge in [-0.05, 0) is 11.5 Å². The molecule has 0 bridgehead atoms. The molecule has 0 spiro atoms. The number of benzene rings is 2. The van der Waals surface area contributed by atoms with E-state index in [0.29, 0.717) is 11.4 Å². The molecular formula is C10H10ClN2-. The molecule has 0 saturated carbocycles. The largest absolute Gasteiger partial charge is 1.00 e. The van der Waals surface area contributed by atoms with Gasteiger partial charge in [0.1, 0.15) is 0 Å². The molecule has 4 N–H and O–H groups in total. The lowest BCUT2D eigenvalue weighted by Gasteiger charge is -2.03. The SMILES string of the molecule is Nc1ccc2ccccc2c1N.[Cl-]. The van der Waals surface area contributed by atoms with Crippen molar-refractivity contribution in [3.05, 3.63) is 36.4 Å². The molecular weight excluding hydrogens is 184 g/mol. The molecule has 0 aliphatic rings. The summed E-state index contributed by atoms with van der Waals surface area (Å²) in [5, 5.41) is 2.15. The van der Waals surface area contributed by atoms with Gasteiger partial charge in [-0.15, -0.1) is 0 Å². The standard InChI is InChI=1S/C10H10N2.ClH/c11-9-6-5-7-3-1-2-4-8(7)10(9)12;/h1-6H,11-12H2;1H/p-1. The van der Waals surface area contributed by atoms with Gasteiger partial charge >= 0.3 is 0 Å². The van der Waals surface area contributed by atoms with Crippen molar-refractivity contribution >= 4 is 22.1 Å². The molecule has 0 aromatic heterocycles. The molecule has 2 aromatic rings. The van der Waals surface area contributed by atoms with E-state index in [1.54, 1.807) is 0 Å². The molecule has 0 saturated heterocycles. The van der Waals surface area contributed by atoms with Crippen LogP contribution in [-0.4, -0.2) is 0 Å². The molecule has 13 heavy (non-hydrogen) atoms. The van der Waals surface area contributed by atoms with E-state index in [1.807, 2.05) is 36.4 Å². The number of anilines is 2. The molecule has 0 aliphatic carbocycles. The maximum atomic E-state index is 5.79. The minimum Gasteiger partial charge on any atom is -1.00 e. The fourth-order valence-corrected chi connectivity index (χ4v) is 1.31. The number of rotatable bonds is 0. The van der Waals surface area contributed by atoms with E-state index in [2.05, 4.69) is 0 Å². The van der Waals surface area contributed by atoms with E-state index in [0.717, 1.165) is 10.8 Å². The van der Waals surface area contributed by atoms with Crippen LogP contribution in [0.15, 0.2) is 36.4 Å². The second-order valence-corrected chi connectivity index (χ2v) is 2.79. The van der Waals surface area contributed by atoms with Gasteiger partial charge in [0.25, 0.3) is 0 Å². The maximum Gasteiger partial charge on any atom is 0.0627 e. The van der Waals surface area contributed by atoms with Crippen LogP contribution in [0.4, 0.5) is 11.4 Å². The molecule has 0 unspecified atom stereocenters. The summed E-state index contributed by atoms with van der Waals surface area (Å²) in [5.74, 6) is 0. The topological polar surface area (TPSA) is 52.0 Å². The van der Waals surface area contributed by atoms with Crippen LogP contribution in [0.1, 0.15) is 0 Å². The lowest BCUT2D eigenvalue weighted by molar-refractivity contribution is -0.00000238. The third-order valence-electron chi connectivity index (χ3n) is 2.00. The minimum absolute atomic E-state index is 0. The van der Waals surface area contributed by atoms with Crippen molar-refractivity contribution in [2.24, 2.45) is 0 Å². The number of fused-ring (bicyclic) bond motifs is 1. The Balaban J connectivity index is 0.000000845. The van der Waals surface area contributed by atoms with Gasteiger partial charge in [0.15, 0.2) is 0 Å². The van der Waals surface area contributed by atoms with Crippen LogP contribution in [0.3, 0.4) is 0 Å². The number of nitrogen functional groups attached to an aromatic ring is 2. The predicted molar refractivity (Wildman–Crippen MR) is 52.8 cm³/mol. The van der Waals surface area contributed by atoms with Crippen molar-refractivity contribution in [2.45, 2.75) is 0 Å². The van der Waals surface area contributed by atoms with E-state index >= 15 is 0 Å². The molecule has 2 nitrogen and oxygen atoms in total. The number of nitrogens with two attached hydrogens (primary N) is 2. The Morgan fingerprint density at radius 2 is 1.54 bits per heavy atom. The highest BCUT2D eigenvalue weighted by molar-refractivity contribution is 5.98. The summed E-state index contributed by atoms with van der Waals surface area (Å²) >= 11 is 0. The Morgan fingerprint density at radius 3 is 2.31 bits per heavy atom. The van der Waals surface area contributed by atoms with E-state index in [9.17, 15) is 0 Å². The zero-order chi connectivity index (χ0) is 8.55. The molecule has 2 aromatic carbocycles. The summed E-state index contributed by atoms with van der Waals surface area (Å²) in [6.07, 6.45) is 0. The van der Waals surface area contributed by atoms with Crippen LogP contribution in [0.2, 0.25) is 0 Å².